The van der Waals surface area contributed by atoms with Crippen LogP contribution in [-0.4, -0.2) is 108 Å². The van der Waals surface area contributed by atoms with E-state index in [0.29, 0.717) is 12.1 Å². The number of amides is 3. The third kappa shape index (κ3) is 7.95. The quantitative estimate of drug-likeness (QED) is 0.0784. The molecule has 5 aromatic rings. The summed E-state index contributed by atoms with van der Waals surface area (Å²) in [5, 5.41) is 61.5. The highest BCUT2D eigenvalue weighted by Gasteiger charge is 2.44. The first-order chi connectivity index (χ1) is 24.4. The Morgan fingerprint density at radius 1 is 0.980 bits per heavy atom. The fourth-order valence-electron chi connectivity index (χ4n) is 5.80. The van der Waals surface area contributed by atoms with Gasteiger partial charge in [0.15, 0.2) is 17.0 Å². The van der Waals surface area contributed by atoms with Crippen molar-refractivity contribution < 1.29 is 38.4 Å². The van der Waals surface area contributed by atoms with Gasteiger partial charge in [0.25, 0.3) is 5.95 Å². The smallest absolute Gasteiger partial charge is 0.323 e. The molecule has 268 valence electrons. The van der Waals surface area contributed by atoms with Crippen LogP contribution in [-0.2, 0) is 21.2 Å². The Bertz CT molecular complexity index is 2130. The summed E-state index contributed by atoms with van der Waals surface area (Å²) in [6.45, 7) is -1.04. The molecule has 1 saturated carbocycles. The summed E-state index contributed by atoms with van der Waals surface area (Å²) in [6.07, 6.45) is 2.06. The maximum absolute atomic E-state index is 12.7. The minimum Gasteiger partial charge on any atom is -0.394 e. The summed E-state index contributed by atoms with van der Waals surface area (Å²) >= 11 is 0. The lowest BCUT2D eigenvalue weighted by atomic mass is 10.1. The van der Waals surface area contributed by atoms with E-state index in [1.54, 1.807) is 4.57 Å². The number of benzene rings is 2. The van der Waals surface area contributed by atoms with Gasteiger partial charge < -0.3 is 46.3 Å². The number of urea groups is 1. The zero-order chi connectivity index (χ0) is 36.3. The molecular formula is C31H35N11O8S. The highest BCUT2D eigenvalue weighted by molar-refractivity contribution is 7.89. The number of anilines is 3. The van der Waals surface area contributed by atoms with Crippen LogP contribution in [0.2, 0.25) is 0 Å². The number of imidazole rings is 1. The Labute approximate surface area is 290 Å². The number of primary sulfonamides is 1. The maximum atomic E-state index is 12.7. The molecule has 2 aromatic carbocycles. The van der Waals surface area contributed by atoms with Crippen molar-refractivity contribution >= 4 is 50.3 Å². The van der Waals surface area contributed by atoms with E-state index in [9.17, 15) is 38.4 Å². The minimum atomic E-state index is -3.90. The fraction of sp³-hybridized carbons (Fsp3) is 0.290. The van der Waals surface area contributed by atoms with Gasteiger partial charge in [0.1, 0.15) is 18.8 Å². The molecule has 19 nitrogen and oxygen atoms in total. The predicted octanol–water partition coefficient (Wildman–Crippen LogP) is -0.537. The molecule has 0 saturated heterocycles. The number of hydrogen-bond acceptors (Lipinski definition) is 13. The minimum absolute atomic E-state index is 0.0216. The third-order valence-electron chi connectivity index (χ3n) is 8.28. The number of carbonyl (C=O) groups excluding carboxylic acids is 2. The predicted molar refractivity (Wildman–Crippen MR) is 182 cm³/mol. The lowest BCUT2D eigenvalue weighted by molar-refractivity contribution is -0.125. The molecule has 6 rings (SSSR count). The van der Waals surface area contributed by atoms with E-state index >= 15 is 0 Å². The van der Waals surface area contributed by atoms with Crippen molar-refractivity contribution in [1.29, 1.82) is 0 Å². The number of nitrogens with two attached hydrogens (primary N) is 1. The average Bonchev–Trinajstić information content (AvgIpc) is 3.82. The molecule has 3 amide bonds. The standard InChI is InChI=1S/C31H35N11O8S/c32-51(49,50)21-8-6-18(7-9-21)36-31(48)37-20-12-34-42(13-20)30-39-28(35-19(14-43)10-17-4-2-1-3-5-17)25-29(40-30)41(16-33-25)23-11-22(26(46)27(23)47)38-24(45)15-44/h1-9,12-13,16,19,22-23,26-27,43-44,46-47H,10-11,14-15H2,(H,38,45)(H2,32,49,50)(H,35,39,40)(H2,36,37,48)/t19-,22-,23+,26+,27-/m0/s1. The molecule has 20 heteroatoms. The number of fused-ring (bicyclic) bond motifs is 1. The molecule has 1 aliphatic rings. The molecule has 1 fully saturated rings. The van der Waals surface area contributed by atoms with Crippen molar-refractivity contribution in [3.63, 3.8) is 0 Å². The van der Waals surface area contributed by atoms with E-state index in [2.05, 4.69) is 41.3 Å². The third-order valence-corrected chi connectivity index (χ3v) is 9.21. The number of aliphatic hydroxyl groups is 4. The molecule has 10 N–H and O–H groups in total. The van der Waals surface area contributed by atoms with Gasteiger partial charge >= 0.3 is 6.03 Å². The van der Waals surface area contributed by atoms with Gasteiger partial charge in [-0.2, -0.15) is 15.1 Å². The molecular weight excluding hydrogens is 686 g/mol. The first-order valence-electron chi connectivity index (χ1n) is 15.6. The molecule has 0 spiro atoms. The monoisotopic (exact) mass is 721 g/mol. The Morgan fingerprint density at radius 2 is 1.71 bits per heavy atom. The second-order valence-electron chi connectivity index (χ2n) is 11.8. The molecule has 5 atom stereocenters. The SMILES string of the molecule is NS(=O)(=O)c1ccc(NC(=O)Nc2cnn(-c3nc(N[C@H](CO)Cc4ccccc4)c4ncn([C@@H]5C[C@H](NC(=O)CO)[C@@H](O)[C@H]5O)c4n3)c2)cc1. The van der Waals surface area contributed by atoms with Crippen LogP contribution in [0.25, 0.3) is 17.1 Å². The number of aliphatic hydroxyl groups excluding tert-OH is 4. The van der Waals surface area contributed by atoms with Gasteiger partial charge in [-0.25, -0.2) is 28.0 Å². The Morgan fingerprint density at radius 3 is 2.39 bits per heavy atom. The summed E-state index contributed by atoms with van der Waals surface area (Å²) < 4.78 is 25.9. The van der Waals surface area contributed by atoms with Crippen LogP contribution in [0.3, 0.4) is 0 Å². The van der Waals surface area contributed by atoms with Crippen LogP contribution >= 0.6 is 0 Å². The van der Waals surface area contributed by atoms with E-state index in [1.807, 2.05) is 30.3 Å². The second-order valence-corrected chi connectivity index (χ2v) is 13.4. The van der Waals surface area contributed by atoms with Crippen molar-refractivity contribution in [2.24, 2.45) is 5.14 Å². The van der Waals surface area contributed by atoms with Gasteiger partial charge in [-0.15, -0.1) is 0 Å². The summed E-state index contributed by atoms with van der Waals surface area (Å²) in [5.41, 5.74) is 2.02. The van der Waals surface area contributed by atoms with E-state index < -0.39 is 58.9 Å². The lowest BCUT2D eigenvalue weighted by Crippen LogP contribution is -2.44. The van der Waals surface area contributed by atoms with Crippen LogP contribution in [0.15, 0.2) is 78.2 Å². The van der Waals surface area contributed by atoms with Crippen LogP contribution in [0.5, 0.6) is 0 Å². The second kappa shape index (κ2) is 14.8. The molecule has 0 unspecified atom stereocenters. The first-order valence-corrected chi connectivity index (χ1v) is 17.2. The zero-order valence-electron chi connectivity index (χ0n) is 26.7. The van der Waals surface area contributed by atoms with Crippen LogP contribution in [0, 0.1) is 0 Å². The molecule has 0 bridgehead atoms. The highest BCUT2D eigenvalue weighted by Crippen LogP contribution is 2.34. The normalized spacial score (nSPS) is 19.5. The van der Waals surface area contributed by atoms with Gasteiger partial charge in [-0.1, -0.05) is 30.3 Å². The summed E-state index contributed by atoms with van der Waals surface area (Å²) in [5.74, 6) is -0.454. The van der Waals surface area contributed by atoms with Crippen LogP contribution in [0.4, 0.5) is 22.0 Å². The van der Waals surface area contributed by atoms with Crippen molar-refractivity contribution in [3.8, 4) is 5.95 Å². The highest BCUT2D eigenvalue weighted by atomic mass is 32.2. The summed E-state index contributed by atoms with van der Waals surface area (Å²) in [4.78, 5) is 38.2. The Balaban J connectivity index is 1.30. The Kier molecular flexibility index (Phi) is 10.2. The maximum Gasteiger partial charge on any atom is 0.323 e. The zero-order valence-corrected chi connectivity index (χ0v) is 27.6. The van der Waals surface area contributed by atoms with E-state index in [0.717, 1.165) is 5.56 Å². The topological polar surface area (TPSA) is 285 Å². The van der Waals surface area contributed by atoms with E-state index in [-0.39, 0.29) is 46.5 Å². The number of nitrogens with one attached hydrogen (secondary N) is 4. The van der Waals surface area contributed by atoms with Gasteiger partial charge in [-0.3, -0.25) is 4.79 Å². The Hall–Kier alpha value is -5.51. The van der Waals surface area contributed by atoms with Crippen molar-refractivity contribution in [2.45, 2.75) is 48.1 Å². The van der Waals surface area contributed by atoms with Crippen LogP contribution < -0.4 is 26.4 Å². The van der Waals surface area contributed by atoms with Gasteiger partial charge in [-0.05, 0) is 42.7 Å². The van der Waals surface area contributed by atoms with E-state index in [4.69, 9.17) is 5.14 Å². The number of aromatic nitrogens is 6. The molecule has 3 heterocycles. The number of rotatable bonds is 12. The molecule has 51 heavy (non-hydrogen) atoms. The van der Waals surface area contributed by atoms with Crippen molar-refractivity contribution in [3.05, 3.63) is 78.9 Å². The van der Waals surface area contributed by atoms with Crippen molar-refractivity contribution in [2.75, 3.05) is 29.2 Å². The van der Waals surface area contributed by atoms with Gasteiger partial charge in [0.2, 0.25) is 15.9 Å². The fourth-order valence-corrected chi connectivity index (χ4v) is 6.32. The number of nitrogens with zero attached hydrogens (tertiary/aromatic N) is 6. The summed E-state index contributed by atoms with van der Waals surface area (Å²) in [6, 6.07) is 12.0. The number of carbonyl (C=O) groups is 2. The van der Waals surface area contributed by atoms with Crippen molar-refractivity contribution in [1.82, 2.24) is 34.6 Å². The van der Waals surface area contributed by atoms with Gasteiger partial charge in [0.05, 0.1) is 54.0 Å². The number of hydrogen-bond donors (Lipinski definition) is 9. The molecule has 0 aliphatic heterocycles. The average molecular weight is 722 g/mol. The summed E-state index contributed by atoms with van der Waals surface area (Å²) in [7, 11) is -3.90. The molecule has 3 aromatic heterocycles. The lowest BCUT2D eigenvalue weighted by Gasteiger charge is -2.20. The van der Waals surface area contributed by atoms with Gasteiger partial charge in [0, 0.05) is 5.69 Å². The molecule has 1 aliphatic carbocycles. The first kappa shape index (κ1) is 35.3. The largest absolute Gasteiger partial charge is 0.394 e. The number of sulfonamides is 1. The van der Waals surface area contributed by atoms with Crippen LogP contribution in [0.1, 0.15) is 18.0 Å². The van der Waals surface area contributed by atoms with E-state index in [1.165, 1.54) is 47.7 Å². The molecule has 0 radical (unpaired) electrons.